The first kappa shape index (κ1) is 28.7. The number of nitrogens with zero attached hydrogens (tertiary/aromatic N) is 6. The predicted molar refractivity (Wildman–Crippen MR) is 161 cm³/mol. The van der Waals surface area contributed by atoms with E-state index in [1.54, 1.807) is 17.2 Å². The number of halogens is 3. The van der Waals surface area contributed by atoms with E-state index in [0.717, 1.165) is 5.56 Å². The van der Waals surface area contributed by atoms with E-state index in [1.807, 2.05) is 38.7 Å². The molecule has 1 aliphatic heterocycles. The third kappa shape index (κ3) is 5.20. The molecular weight excluding hydrogens is 566 g/mol. The Labute approximate surface area is 247 Å². The molecule has 0 radical (unpaired) electrons. The average molecular weight is 596 g/mol. The van der Waals surface area contributed by atoms with Crippen LogP contribution in [0.15, 0.2) is 54.0 Å². The van der Waals surface area contributed by atoms with Gasteiger partial charge in [0.25, 0.3) is 0 Å². The lowest BCUT2D eigenvalue weighted by molar-refractivity contribution is -0.126. The van der Waals surface area contributed by atoms with Crippen molar-refractivity contribution in [2.75, 3.05) is 24.5 Å². The van der Waals surface area contributed by atoms with Crippen LogP contribution in [0.3, 0.4) is 0 Å². The van der Waals surface area contributed by atoms with Crippen molar-refractivity contribution in [2.45, 2.75) is 39.7 Å². The molecule has 4 heterocycles. The zero-order valence-corrected chi connectivity index (χ0v) is 24.7. The Morgan fingerprint density at radius 2 is 1.93 bits per heavy atom. The smallest absolute Gasteiger partial charge is 0.350 e. The Morgan fingerprint density at radius 1 is 1.17 bits per heavy atom. The van der Waals surface area contributed by atoms with Crippen LogP contribution in [0.25, 0.3) is 28.0 Å². The molecule has 0 unspecified atom stereocenters. The molecule has 212 valence electrons. The molecule has 1 amide bonds. The quantitative estimate of drug-likeness (QED) is 0.266. The van der Waals surface area contributed by atoms with Gasteiger partial charge in [0.05, 0.1) is 27.5 Å². The van der Waals surface area contributed by atoms with Gasteiger partial charge < -0.3 is 9.80 Å². The molecule has 1 saturated heterocycles. The van der Waals surface area contributed by atoms with Crippen molar-refractivity contribution in [1.82, 2.24) is 24.4 Å². The molecule has 0 spiro atoms. The minimum atomic E-state index is -0.561. The number of hydrogen-bond donors (Lipinski definition) is 0. The maximum absolute atomic E-state index is 15.0. The fourth-order valence-electron chi connectivity index (χ4n) is 5.28. The zero-order chi connectivity index (χ0) is 29.6. The summed E-state index contributed by atoms with van der Waals surface area (Å²) in [6, 6.07) is 7.45. The molecule has 1 fully saturated rings. The minimum Gasteiger partial charge on any atom is -0.350 e. The molecule has 11 heteroatoms. The summed E-state index contributed by atoms with van der Waals surface area (Å²) in [4.78, 5) is 43.8. The SMILES string of the molecule is C=CC(=O)N1CCN(c2nc(=O)n(-c3c(C)ccnc3C(C)C)c3nc(-c4cc(Cl)ccc4F)c(Cl)cc23)[C@@H](C)C1. The molecule has 1 aromatic carbocycles. The van der Waals surface area contributed by atoms with E-state index in [0.29, 0.717) is 47.2 Å². The van der Waals surface area contributed by atoms with Crippen molar-refractivity contribution < 1.29 is 9.18 Å². The number of rotatable bonds is 5. The van der Waals surface area contributed by atoms with Crippen LogP contribution in [0.5, 0.6) is 0 Å². The van der Waals surface area contributed by atoms with Crippen LogP contribution in [0, 0.1) is 12.7 Å². The summed E-state index contributed by atoms with van der Waals surface area (Å²) in [6.45, 7) is 12.7. The van der Waals surface area contributed by atoms with Crippen molar-refractivity contribution in [3.8, 4) is 16.9 Å². The van der Waals surface area contributed by atoms with Crippen LogP contribution in [-0.4, -0.2) is 56.0 Å². The largest absolute Gasteiger partial charge is 0.355 e. The highest BCUT2D eigenvalue weighted by Crippen LogP contribution is 2.37. The summed E-state index contributed by atoms with van der Waals surface area (Å²) < 4.78 is 16.5. The zero-order valence-electron chi connectivity index (χ0n) is 23.2. The number of carbonyl (C=O) groups excluding carboxylic acids is 1. The van der Waals surface area contributed by atoms with Gasteiger partial charge in [-0.3, -0.25) is 9.78 Å². The highest BCUT2D eigenvalue weighted by atomic mass is 35.5. The molecular formula is C30H29Cl2FN6O2. The lowest BCUT2D eigenvalue weighted by Gasteiger charge is -2.40. The predicted octanol–water partition coefficient (Wildman–Crippen LogP) is 5.94. The van der Waals surface area contributed by atoms with Crippen LogP contribution in [0.4, 0.5) is 10.2 Å². The Morgan fingerprint density at radius 3 is 2.61 bits per heavy atom. The Bertz CT molecular complexity index is 1760. The second kappa shape index (κ2) is 11.2. The summed E-state index contributed by atoms with van der Waals surface area (Å²) in [7, 11) is 0. The van der Waals surface area contributed by atoms with Crippen LogP contribution in [0.2, 0.25) is 10.0 Å². The number of aromatic nitrogens is 4. The number of piperazine rings is 1. The monoisotopic (exact) mass is 594 g/mol. The second-order valence-corrected chi connectivity index (χ2v) is 11.3. The van der Waals surface area contributed by atoms with Gasteiger partial charge in [-0.2, -0.15) is 4.98 Å². The van der Waals surface area contributed by atoms with Gasteiger partial charge in [-0.1, -0.05) is 43.6 Å². The Balaban J connectivity index is 1.82. The Kier molecular flexibility index (Phi) is 7.85. The first-order valence-corrected chi connectivity index (χ1v) is 14.0. The number of pyridine rings is 2. The van der Waals surface area contributed by atoms with Gasteiger partial charge in [-0.25, -0.2) is 18.7 Å². The number of hydrogen-bond acceptors (Lipinski definition) is 6. The average Bonchev–Trinajstić information content (AvgIpc) is 2.94. The molecule has 0 aliphatic carbocycles. The molecule has 8 nitrogen and oxygen atoms in total. The fraction of sp³-hybridized carbons (Fsp3) is 0.300. The first-order valence-electron chi connectivity index (χ1n) is 13.2. The van der Waals surface area contributed by atoms with Gasteiger partial charge in [0.15, 0.2) is 5.65 Å². The third-order valence-electron chi connectivity index (χ3n) is 7.30. The van der Waals surface area contributed by atoms with Gasteiger partial charge in [0, 0.05) is 42.5 Å². The standard InChI is InChI=1S/C30H29Cl2FN6O2/c1-6-24(40)37-11-12-38(18(5)15-37)28-21-14-22(32)26(20-13-19(31)7-8-23(20)33)35-29(21)39(30(41)36-28)27-17(4)9-10-34-25(27)16(2)3/h6-10,13-14,16,18H,1,11-12,15H2,2-5H3/t18-/m0/s1. The van der Waals surface area contributed by atoms with E-state index in [4.69, 9.17) is 28.2 Å². The van der Waals surface area contributed by atoms with E-state index in [1.165, 1.54) is 28.8 Å². The van der Waals surface area contributed by atoms with E-state index < -0.39 is 11.5 Å². The molecule has 41 heavy (non-hydrogen) atoms. The molecule has 3 aromatic heterocycles. The number of amides is 1. The third-order valence-corrected chi connectivity index (χ3v) is 7.82. The summed E-state index contributed by atoms with van der Waals surface area (Å²) in [5, 5.41) is 0.999. The summed E-state index contributed by atoms with van der Waals surface area (Å²) in [6.07, 6.45) is 2.99. The second-order valence-electron chi connectivity index (χ2n) is 10.4. The topological polar surface area (TPSA) is 84.2 Å². The number of fused-ring (bicyclic) bond motifs is 1. The molecule has 0 N–H and O–H groups in total. The van der Waals surface area contributed by atoms with E-state index in [9.17, 15) is 9.59 Å². The first-order chi connectivity index (χ1) is 19.5. The van der Waals surface area contributed by atoms with Crippen LogP contribution in [-0.2, 0) is 4.79 Å². The highest BCUT2D eigenvalue weighted by Gasteiger charge is 2.30. The number of carbonyl (C=O) groups is 1. The van der Waals surface area contributed by atoms with E-state index in [2.05, 4.69) is 16.5 Å². The lowest BCUT2D eigenvalue weighted by atomic mass is 10.0. The minimum absolute atomic E-state index is 0.0147. The summed E-state index contributed by atoms with van der Waals surface area (Å²) in [5.41, 5.74) is 2.02. The highest BCUT2D eigenvalue weighted by molar-refractivity contribution is 6.34. The van der Waals surface area contributed by atoms with E-state index >= 15 is 4.39 Å². The lowest BCUT2D eigenvalue weighted by Crippen LogP contribution is -2.54. The van der Waals surface area contributed by atoms with Gasteiger partial charge in [-0.05, 0) is 61.7 Å². The molecule has 0 bridgehead atoms. The van der Waals surface area contributed by atoms with Gasteiger partial charge in [0.2, 0.25) is 5.91 Å². The summed E-state index contributed by atoms with van der Waals surface area (Å²) >= 11 is 13.0. The van der Waals surface area contributed by atoms with Crippen LogP contribution in [0.1, 0.15) is 37.9 Å². The molecule has 4 aromatic rings. The van der Waals surface area contributed by atoms with Gasteiger partial charge in [0.1, 0.15) is 11.6 Å². The van der Waals surface area contributed by atoms with Crippen molar-refractivity contribution in [3.63, 3.8) is 0 Å². The molecule has 0 saturated carbocycles. The normalized spacial score (nSPS) is 15.6. The maximum Gasteiger partial charge on any atom is 0.355 e. The van der Waals surface area contributed by atoms with Crippen molar-refractivity contribution in [3.05, 3.63) is 86.8 Å². The number of benzene rings is 1. The fourth-order valence-corrected chi connectivity index (χ4v) is 5.71. The van der Waals surface area contributed by atoms with E-state index in [-0.39, 0.29) is 39.8 Å². The van der Waals surface area contributed by atoms with Crippen molar-refractivity contribution >= 4 is 46.0 Å². The van der Waals surface area contributed by atoms with Crippen LogP contribution < -0.4 is 10.6 Å². The molecule has 1 aliphatic rings. The summed E-state index contributed by atoms with van der Waals surface area (Å²) in [5.74, 6) is -0.335. The van der Waals surface area contributed by atoms with Gasteiger partial charge >= 0.3 is 5.69 Å². The van der Waals surface area contributed by atoms with Crippen LogP contribution >= 0.6 is 23.2 Å². The van der Waals surface area contributed by atoms with Crippen molar-refractivity contribution in [1.29, 1.82) is 0 Å². The van der Waals surface area contributed by atoms with Crippen molar-refractivity contribution in [2.24, 2.45) is 0 Å². The molecule has 5 rings (SSSR count). The maximum atomic E-state index is 15.0. The molecule has 1 atom stereocenters. The Hall–Kier alpha value is -3.82. The number of anilines is 1. The van der Waals surface area contributed by atoms with Gasteiger partial charge in [-0.15, -0.1) is 0 Å². The number of aryl methyl sites for hydroxylation is 1.